The smallest absolute Gasteiger partial charge is 0.228 e. The number of aromatic nitrogens is 2. The SMILES string of the molecule is Cn1ccnc1COc1ccc(NC(=O)C2CCS(=O)(=O)C2)cc1. The highest BCUT2D eigenvalue weighted by molar-refractivity contribution is 7.91. The first-order chi connectivity index (χ1) is 11.4. The molecule has 8 heteroatoms. The maximum Gasteiger partial charge on any atom is 0.228 e. The van der Waals surface area contributed by atoms with Gasteiger partial charge in [-0.2, -0.15) is 0 Å². The highest BCUT2D eigenvalue weighted by Crippen LogP contribution is 2.22. The van der Waals surface area contributed by atoms with E-state index in [4.69, 9.17) is 4.74 Å². The summed E-state index contributed by atoms with van der Waals surface area (Å²) in [4.78, 5) is 16.3. The number of imidazole rings is 1. The average molecular weight is 349 g/mol. The molecule has 0 bridgehead atoms. The Morgan fingerprint density at radius 1 is 1.38 bits per heavy atom. The van der Waals surface area contributed by atoms with E-state index in [0.29, 0.717) is 24.5 Å². The van der Waals surface area contributed by atoms with Crippen molar-refractivity contribution in [2.75, 3.05) is 16.8 Å². The average Bonchev–Trinajstić information content (AvgIpc) is 3.12. The number of hydrogen-bond acceptors (Lipinski definition) is 5. The number of nitrogens with zero attached hydrogens (tertiary/aromatic N) is 2. The van der Waals surface area contributed by atoms with Crippen molar-refractivity contribution in [3.63, 3.8) is 0 Å². The molecule has 0 saturated carbocycles. The zero-order chi connectivity index (χ0) is 17.2. The van der Waals surface area contributed by atoms with Gasteiger partial charge in [0.2, 0.25) is 5.91 Å². The Labute approximate surface area is 140 Å². The summed E-state index contributed by atoms with van der Waals surface area (Å²) in [5.41, 5.74) is 0.619. The minimum Gasteiger partial charge on any atom is -0.486 e. The van der Waals surface area contributed by atoms with Crippen LogP contribution in [-0.2, 0) is 28.3 Å². The standard InChI is InChI=1S/C16H19N3O4S/c1-19-8-7-17-15(19)10-23-14-4-2-13(3-5-14)18-16(20)12-6-9-24(21,22)11-12/h2-5,7-8,12H,6,9-11H2,1H3,(H,18,20). The first-order valence-electron chi connectivity index (χ1n) is 7.63. The normalized spacial score (nSPS) is 19.1. The molecule has 1 unspecified atom stereocenters. The highest BCUT2D eigenvalue weighted by Gasteiger charge is 2.32. The molecule has 1 aliphatic rings. The van der Waals surface area contributed by atoms with Crippen molar-refractivity contribution >= 4 is 21.4 Å². The summed E-state index contributed by atoms with van der Waals surface area (Å²) < 4.78 is 30.4. The summed E-state index contributed by atoms with van der Waals surface area (Å²) in [5.74, 6) is 0.788. The van der Waals surface area contributed by atoms with Gasteiger partial charge in [-0.1, -0.05) is 0 Å². The highest BCUT2D eigenvalue weighted by atomic mass is 32.2. The van der Waals surface area contributed by atoms with Crippen molar-refractivity contribution in [1.29, 1.82) is 0 Å². The molecular formula is C16H19N3O4S. The van der Waals surface area contributed by atoms with E-state index in [-0.39, 0.29) is 17.4 Å². The van der Waals surface area contributed by atoms with Crippen LogP contribution in [0.15, 0.2) is 36.7 Å². The van der Waals surface area contributed by atoms with Gasteiger partial charge >= 0.3 is 0 Å². The van der Waals surface area contributed by atoms with Gasteiger partial charge in [-0.25, -0.2) is 13.4 Å². The lowest BCUT2D eigenvalue weighted by molar-refractivity contribution is -0.119. The molecular weight excluding hydrogens is 330 g/mol. The van der Waals surface area contributed by atoms with Crippen molar-refractivity contribution in [2.24, 2.45) is 13.0 Å². The molecule has 1 aromatic heterocycles. The molecule has 0 radical (unpaired) electrons. The maximum absolute atomic E-state index is 12.1. The number of aryl methyl sites for hydroxylation is 1. The van der Waals surface area contributed by atoms with Crippen LogP contribution in [0.3, 0.4) is 0 Å². The fraction of sp³-hybridized carbons (Fsp3) is 0.375. The van der Waals surface area contributed by atoms with E-state index in [1.807, 2.05) is 17.8 Å². The Kier molecular flexibility index (Phi) is 4.57. The van der Waals surface area contributed by atoms with Gasteiger partial charge in [0, 0.05) is 25.1 Å². The number of nitrogens with one attached hydrogen (secondary N) is 1. The summed E-state index contributed by atoms with van der Waals surface area (Å²) in [5, 5.41) is 2.75. The van der Waals surface area contributed by atoms with Crippen LogP contribution in [0.1, 0.15) is 12.2 Å². The quantitative estimate of drug-likeness (QED) is 0.880. The zero-order valence-corrected chi connectivity index (χ0v) is 14.1. The number of anilines is 1. The van der Waals surface area contributed by atoms with Crippen LogP contribution in [0.2, 0.25) is 0 Å². The largest absolute Gasteiger partial charge is 0.486 e. The molecule has 24 heavy (non-hydrogen) atoms. The number of ether oxygens (including phenoxy) is 1. The maximum atomic E-state index is 12.1. The summed E-state index contributed by atoms with van der Waals surface area (Å²) >= 11 is 0. The molecule has 2 aromatic rings. The molecule has 0 spiro atoms. The predicted octanol–water partition coefficient (Wildman–Crippen LogP) is 1.37. The third-order valence-corrected chi connectivity index (χ3v) is 5.78. The molecule has 7 nitrogen and oxygen atoms in total. The van der Waals surface area contributed by atoms with Crippen LogP contribution in [0.25, 0.3) is 0 Å². The number of benzene rings is 1. The first kappa shape index (κ1) is 16.5. The van der Waals surface area contributed by atoms with Crippen LogP contribution >= 0.6 is 0 Å². The Morgan fingerprint density at radius 2 is 2.12 bits per heavy atom. The van der Waals surface area contributed by atoms with E-state index in [1.54, 1.807) is 30.5 Å². The number of amides is 1. The fourth-order valence-electron chi connectivity index (χ4n) is 2.56. The second-order valence-electron chi connectivity index (χ2n) is 5.86. The Balaban J connectivity index is 1.55. The topological polar surface area (TPSA) is 90.3 Å². The first-order valence-corrected chi connectivity index (χ1v) is 9.45. The number of rotatable bonds is 5. The van der Waals surface area contributed by atoms with E-state index in [2.05, 4.69) is 10.3 Å². The zero-order valence-electron chi connectivity index (χ0n) is 13.3. The van der Waals surface area contributed by atoms with Gasteiger partial charge in [0.25, 0.3) is 0 Å². The van der Waals surface area contributed by atoms with Gasteiger partial charge in [0.15, 0.2) is 9.84 Å². The summed E-state index contributed by atoms with van der Waals surface area (Å²) in [6.07, 6.45) is 3.94. The molecule has 128 valence electrons. The van der Waals surface area contributed by atoms with Crippen LogP contribution in [-0.4, -0.2) is 35.4 Å². The van der Waals surface area contributed by atoms with Crippen molar-refractivity contribution < 1.29 is 17.9 Å². The van der Waals surface area contributed by atoms with Crippen LogP contribution in [0.4, 0.5) is 5.69 Å². The van der Waals surface area contributed by atoms with Crippen LogP contribution in [0.5, 0.6) is 5.75 Å². The molecule has 1 fully saturated rings. The Morgan fingerprint density at radius 3 is 2.71 bits per heavy atom. The second-order valence-corrected chi connectivity index (χ2v) is 8.09. The molecule has 0 aliphatic carbocycles. The molecule has 1 amide bonds. The molecule has 1 aromatic carbocycles. The lowest BCUT2D eigenvalue weighted by atomic mass is 10.1. The molecule has 1 atom stereocenters. The van der Waals surface area contributed by atoms with Crippen molar-refractivity contribution in [3.8, 4) is 5.75 Å². The minimum atomic E-state index is -3.06. The second kappa shape index (κ2) is 6.64. The third-order valence-electron chi connectivity index (χ3n) is 4.01. The van der Waals surface area contributed by atoms with E-state index < -0.39 is 15.8 Å². The van der Waals surface area contributed by atoms with Crippen molar-refractivity contribution in [3.05, 3.63) is 42.5 Å². The van der Waals surface area contributed by atoms with Gasteiger partial charge in [-0.3, -0.25) is 4.79 Å². The van der Waals surface area contributed by atoms with Crippen LogP contribution < -0.4 is 10.1 Å². The van der Waals surface area contributed by atoms with E-state index in [0.717, 1.165) is 5.82 Å². The molecule has 1 N–H and O–H groups in total. The van der Waals surface area contributed by atoms with E-state index >= 15 is 0 Å². The molecule has 1 saturated heterocycles. The van der Waals surface area contributed by atoms with Crippen LogP contribution in [0, 0.1) is 5.92 Å². The number of sulfone groups is 1. The molecule has 2 heterocycles. The Hall–Kier alpha value is -2.35. The van der Waals surface area contributed by atoms with Gasteiger partial charge in [-0.15, -0.1) is 0 Å². The number of carbonyl (C=O) groups is 1. The lowest BCUT2D eigenvalue weighted by Crippen LogP contribution is -2.23. The number of hydrogen-bond donors (Lipinski definition) is 1. The summed E-state index contributed by atoms with van der Waals surface area (Å²) in [6.45, 7) is 0.356. The summed E-state index contributed by atoms with van der Waals surface area (Å²) in [7, 11) is -1.16. The minimum absolute atomic E-state index is 0.0658. The lowest BCUT2D eigenvalue weighted by Gasteiger charge is -2.10. The number of carbonyl (C=O) groups excluding carboxylic acids is 1. The van der Waals surface area contributed by atoms with E-state index in [1.165, 1.54) is 0 Å². The van der Waals surface area contributed by atoms with Crippen molar-refractivity contribution in [1.82, 2.24) is 9.55 Å². The van der Waals surface area contributed by atoms with Gasteiger partial charge in [0.05, 0.1) is 17.4 Å². The fourth-order valence-corrected chi connectivity index (χ4v) is 4.31. The van der Waals surface area contributed by atoms with Gasteiger partial charge in [0.1, 0.15) is 18.2 Å². The molecule has 1 aliphatic heterocycles. The van der Waals surface area contributed by atoms with Gasteiger partial charge in [-0.05, 0) is 30.7 Å². The Bertz CT molecular complexity index is 827. The van der Waals surface area contributed by atoms with Crippen molar-refractivity contribution in [2.45, 2.75) is 13.0 Å². The van der Waals surface area contributed by atoms with E-state index in [9.17, 15) is 13.2 Å². The third kappa shape index (κ3) is 3.94. The molecule has 3 rings (SSSR count). The monoisotopic (exact) mass is 349 g/mol. The predicted molar refractivity (Wildman–Crippen MR) is 89.4 cm³/mol. The van der Waals surface area contributed by atoms with Gasteiger partial charge < -0.3 is 14.6 Å². The summed E-state index contributed by atoms with van der Waals surface area (Å²) in [6, 6.07) is 6.97.